The Hall–Kier alpha value is -1.90. The summed E-state index contributed by atoms with van der Waals surface area (Å²) < 4.78 is 30.2. The van der Waals surface area contributed by atoms with Crippen molar-refractivity contribution in [3.05, 3.63) is 45.1 Å². The zero-order valence-corrected chi connectivity index (χ0v) is 16.6. The van der Waals surface area contributed by atoms with E-state index in [9.17, 15) is 13.2 Å². The molecule has 1 aliphatic rings. The van der Waals surface area contributed by atoms with E-state index in [1.165, 1.54) is 35.0 Å². The number of fused-ring (bicyclic) bond motifs is 1. The summed E-state index contributed by atoms with van der Waals surface area (Å²) in [7, 11) is -2.54. The summed E-state index contributed by atoms with van der Waals surface area (Å²) in [5.41, 5.74) is 4.28. The first kappa shape index (κ1) is 18.9. The second kappa shape index (κ2) is 7.38. The molecule has 1 heterocycles. The van der Waals surface area contributed by atoms with Crippen molar-refractivity contribution in [1.29, 1.82) is 0 Å². The Labute approximate surface area is 157 Å². The molecule has 0 saturated heterocycles. The number of hydrogen-bond acceptors (Lipinski definition) is 5. The van der Waals surface area contributed by atoms with Gasteiger partial charge in [-0.15, -0.1) is 16.2 Å². The van der Waals surface area contributed by atoms with Crippen LogP contribution in [-0.2, 0) is 22.9 Å². The molecule has 2 aromatic rings. The highest BCUT2D eigenvalue weighted by Gasteiger charge is 2.23. The third-order valence-corrected chi connectivity index (χ3v) is 6.97. The summed E-state index contributed by atoms with van der Waals surface area (Å²) in [6.45, 7) is 3.98. The number of aryl methyl sites for hydroxylation is 2. The Kier molecular flexibility index (Phi) is 5.36. The topological polar surface area (TPSA) is 84.5 Å². The van der Waals surface area contributed by atoms with Gasteiger partial charge in [-0.05, 0) is 61.4 Å². The fourth-order valence-electron chi connectivity index (χ4n) is 3.04. The normalized spacial score (nSPS) is 16.8. The van der Waals surface area contributed by atoms with Gasteiger partial charge in [0.05, 0.1) is 12.0 Å². The first-order valence-electron chi connectivity index (χ1n) is 8.38. The SMILES string of the molecule is COc1ccc(C)cc1S(=O)(=O)NNC(=O)c1cc2c(s1)CC[C@@H](C)C2. The van der Waals surface area contributed by atoms with Crippen LogP contribution in [0.2, 0.25) is 0 Å². The molecule has 140 valence electrons. The van der Waals surface area contributed by atoms with Crippen molar-refractivity contribution in [1.82, 2.24) is 10.3 Å². The van der Waals surface area contributed by atoms with Gasteiger partial charge in [0.2, 0.25) is 0 Å². The number of carbonyl (C=O) groups excluding carboxylic acids is 1. The molecule has 0 fully saturated rings. The summed E-state index contributed by atoms with van der Waals surface area (Å²) in [5.74, 6) is 0.380. The van der Waals surface area contributed by atoms with Crippen LogP contribution in [-0.4, -0.2) is 21.4 Å². The first-order valence-corrected chi connectivity index (χ1v) is 10.7. The minimum Gasteiger partial charge on any atom is -0.495 e. The molecule has 2 N–H and O–H groups in total. The minimum absolute atomic E-state index is 0.0143. The number of thiophene rings is 1. The van der Waals surface area contributed by atoms with Gasteiger partial charge in [-0.1, -0.05) is 13.0 Å². The van der Waals surface area contributed by atoms with Gasteiger partial charge >= 0.3 is 0 Å². The zero-order chi connectivity index (χ0) is 18.9. The van der Waals surface area contributed by atoms with Gasteiger partial charge in [0.1, 0.15) is 10.6 Å². The fourth-order valence-corrected chi connectivity index (χ4v) is 5.24. The summed E-state index contributed by atoms with van der Waals surface area (Å²) in [6, 6.07) is 6.71. The quantitative estimate of drug-likeness (QED) is 0.764. The Balaban J connectivity index is 1.74. The van der Waals surface area contributed by atoms with Crippen LogP contribution in [0.3, 0.4) is 0 Å². The molecule has 0 spiro atoms. The van der Waals surface area contributed by atoms with Gasteiger partial charge in [0.15, 0.2) is 0 Å². The van der Waals surface area contributed by atoms with Crippen molar-refractivity contribution in [2.75, 3.05) is 7.11 Å². The molecule has 6 nitrogen and oxygen atoms in total. The number of methoxy groups -OCH3 is 1. The van der Waals surface area contributed by atoms with Gasteiger partial charge in [-0.3, -0.25) is 10.2 Å². The maximum Gasteiger partial charge on any atom is 0.276 e. The van der Waals surface area contributed by atoms with Crippen LogP contribution in [0.4, 0.5) is 0 Å². The molecule has 0 aliphatic heterocycles. The molecule has 3 rings (SSSR count). The number of amides is 1. The Morgan fingerprint density at radius 2 is 2.08 bits per heavy atom. The Morgan fingerprint density at radius 1 is 1.31 bits per heavy atom. The van der Waals surface area contributed by atoms with E-state index in [2.05, 4.69) is 17.2 Å². The van der Waals surface area contributed by atoms with Crippen molar-refractivity contribution in [3.8, 4) is 5.75 Å². The number of rotatable bonds is 5. The molecule has 1 aliphatic carbocycles. The summed E-state index contributed by atoms with van der Waals surface area (Å²) in [4.78, 5) is 16.3. The highest BCUT2D eigenvalue weighted by molar-refractivity contribution is 7.89. The fraction of sp³-hybridized carbons (Fsp3) is 0.389. The van der Waals surface area contributed by atoms with E-state index in [1.807, 2.05) is 6.07 Å². The lowest BCUT2D eigenvalue weighted by molar-refractivity contribution is 0.0949. The standard InChI is InChI=1S/C18H22N2O4S2/c1-11-5-7-15-13(8-11)10-16(25-15)18(21)19-20-26(22,23)17-9-12(2)4-6-14(17)24-3/h4,6,9-11,20H,5,7-8H2,1-3H3,(H,19,21)/t11-/m1/s1. The molecule has 1 aromatic carbocycles. The third-order valence-electron chi connectivity index (χ3n) is 4.46. The molecule has 1 amide bonds. The molecule has 0 saturated carbocycles. The van der Waals surface area contributed by atoms with Crippen molar-refractivity contribution < 1.29 is 17.9 Å². The monoisotopic (exact) mass is 394 g/mol. The lowest BCUT2D eigenvalue weighted by atomic mass is 9.90. The third kappa shape index (κ3) is 3.92. The van der Waals surface area contributed by atoms with Gasteiger partial charge in [-0.25, -0.2) is 8.42 Å². The number of sulfonamides is 1. The lowest BCUT2D eigenvalue weighted by Crippen LogP contribution is -2.41. The molecule has 1 aromatic heterocycles. The van der Waals surface area contributed by atoms with Gasteiger partial charge < -0.3 is 4.74 Å². The number of benzene rings is 1. The van der Waals surface area contributed by atoms with Crippen LogP contribution in [0.5, 0.6) is 5.75 Å². The van der Waals surface area contributed by atoms with Crippen molar-refractivity contribution >= 4 is 27.3 Å². The smallest absolute Gasteiger partial charge is 0.276 e. The molecule has 26 heavy (non-hydrogen) atoms. The zero-order valence-electron chi connectivity index (χ0n) is 15.0. The van der Waals surface area contributed by atoms with Crippen LogP contribution in [0.15, 0.2) is 29.2 Å². The Morgan fingerprint density at radius 3 is 2.81 bits per heavy atom. The van der Waals surface area contributed by atoms with Crippen LogP contribution in [0, 0.1) is 12.8 Å². The van der Waals surface area contributed by atoms with Crippen LogP contribution in [0.1, 0.15) is 39.0 Å². The Bertz CT molecular complexity index is 935. The molecule has 0 radical (unpaired) electrons. The average Bonchev–Trinajstić information content (AvgIpc) is 3.03. The molecule has 1 atom stereocenters. The molecule has 0 bridgehead atoms. The maximum absolute atomic E-state index is 12.5. The molecule has 8 heteroatoms. The van der Waals surface area contributed by atoms with Gasteiger partial charge in [0, 0.05) is 4.88 Å². The summed E-state index contributed by atoms with van der Waals surface area (Å²) in [5, 5.41) is 0. The number of nitrogens with one attached hydrogen (secondary N) is 2. The van der Waals surface area contributed by atoms with Gasteiger partial charge in [-0.2, -0.15) is 0 Å². The van der Waals surface area contributed by atoms with Crippen LogP contribution < -0.4 is 15.0 Å². The maximum atomic E-state index is 12.5. The number of ether oxygens (including phenoxy) is 1. The largest absolute Gasteiger partial charge is 0.495 e. The highest BCUT2D eigenvalue weighted by Crippen LogP contribution is 2.32. The molecular formula is C18H22N2O4S2. The van der Waals surface area contributed by atoms with Gasteiger partial charge in [0.25, 0.3) is 15.9 Å². The predicted molar refractivity (Wildman–Crippen MR) is 101 cm³/mol. The van der Waals surface area contributed by atoms with E-state index in [-0.39, 0.29) is 10.6 Å². The van der Waals surface area contributed by atoms with E-state index in [0.717, 1.165) is 24.8 Å². The first-order chi connectivity index (χ1) is 12.3. The number of hydrogen-bond donors (Lipinski definition) is 2. The average molecular weight is 395 g/mol. The second-order valence-corrected chi connectivity index (χ2v) is 9.41. The van der Waals surface area contributed by atoms with Crippen molar-refractivity contribution in [2.24, 2.45) is 5.92 Å². The van der Waals surface area contributed by atoms with E-state index in [0.29, 0.717) is 10.8 Å². The number of carbonyl (C=O) groups is 1. The highest BCUT2D eigenvalue weighted by atomic mass is 32.2. The van der Waals surface area contributed by atoms with Crippen molar-refractivity contribution in [3.63, 3.8) is 0 Å². The molecular weight excluding hydrogens is 372 g/mol. The van der Waals surface area contributed by atoms with E-state index in [4.69, 9.17) is 4.74 Å². The van der Waals surface area contributed by atoms with E-state index < -0.39 is 15.9 Å². The lowest BCUT2D eigenvalue weighted by Gasteiger charge is -2.16. The summed E-state index contributed by atoms with van der Waals surface area (Å²) in [6.07, 6.45) is 3.06. The van der Waals surface area contributed by atoms with Crippen molar-refractivity contribution in [2.45, 2.75) is 38.0 Å². The van der Waals surface area contributed by atoms with Crippen LogP contribution in [0.25, 0.3) is 0 Å². The number of hydrazine groups is 1. The molecule has 0 unspecified atom stereocenters. The van der Waals surface area contributed by atoms with Crippen LogP contribution >= 0.6 is 11.3 Å². The minimum atomic E-state index is -3.94. The van der Waals surface area contributed by atoms with E-state index in [1.54, 1.807) is 19.1 Å². The predicted octanol–water partition coefficient (Wildman–Crippen LogP) is 2.81. The summed E-state index contributed by atoms with van der Waals surface area (Å²) >= 11 is 1.43. The second-order valence-electron chi connectivity index (χ2n) is 6.62. The van der Waals surface area contributed by atoms with E-state index >= 15 is 0 Å².